The van der Waals surface area contributed by atoms with Crippen LogP contribution in [0.15, 0.2) is 34.8 Å². The van der Waals surface area contributed by atoms with Crippen LogP contribution in [0.25, 0.3) is 0 Å². The van der Waals surface area contributed by atoms with Crippen molar-refractivity contribution in [1.29, 1.82) is 0 Å². The van der Waals surface area contributed by atoms with Gasteiger partial charge in [0.05, 0.1) is 21.5 Å². The summed E-state index contributed by atoms with van der Waals surface area (Å²) in [5, 5.41) is 15.4. The van der Waals surface area contributed by atoms with Crippen LogP contribution >= 0.6 is 15.9 Å². The summed E-state index contributed by atoms with van der Waals surface area (Å²) in [6.07, 6.45) is 1.42. The van der Waals surface area contributed by atoms with Crippen LogP contribution in [-0.2, 0) is 25.0 Å². The number of hydrogen-bond acceptors (Lipinski definition) is 2. The number of aliphatic hydroxyl groups is 1. The van der Waals surface area contributed by atoms with Gasteiger partial charge in [-0.1, -0.05) is 37.3 Å². The quantitative estimate of drug-likeness (QED) is 0.904. The molecule has 1 heterocycles. The molecule has 0 aliphatic carbocycles. The Morgan fingerprint density at radius 2 is 1.90 bits per heavy atom. The molecule has 0 aliphatic heterocycles. The van der Waals surface area contributed by atoms with Crippen LogP contribution in [0.2, 0.25) is 0 Å². The number of benzene rings is 1. The fourth-order valence-corrected chi connectivity index (χ4v) is 3.12. The van der Waals surface area contributed by atoms with E-state index in [2.05, 4.69) is 34.9 Å². The molecule has 0 saturated heterocycles. The van der Waals surface area contributed by atoms with Crippen molar-refractivity contribution in [2.75, 3.05) is 0 Å². The highest BCUT2D eigenvalue weighted by Crippen LogP contribution is 2.30. The number of halogens is 1. The van der Waals surface area contributed by atoms with E-state index in [0.29, 0.717) is 6.42 Å². The lowest BCUT2D eigenvalue weighted by atomic mass is 9.91. The highest BCUT2D eigenvalue weighted by molar-refractivity contribution is 9.10. The van der Waals surface area contributed by atoms with E-state index in [-0.39, 0.29) is 0 Å². The minimum absolute atomic E-state index is 0.540. The van der Waals surface area contributed by atoms with Crippen molar-refractivity contribution < 1.29 is 5.11 Å². The van der Waals surface area contributed by atoms with Crippen molar-refractivity contribution in [2.24, 2.45) is 0 Å². The molecule has 0 spiro atoms. The van der Waals surface area contributed by atoms with Gasteiger partial charge in [-0.3, -0.25) is 4.68 Å². The molecule has 1 N–H and O–H groups in total. The van der Waals surface area contributed by atoms with Crippen molar-refractivity contribution in [3.05, 3.63) is 51.8 Å². The summed E-state index contributed by atoms with van der Waals surface area (Å²) in [6, 6.07) is 9.78. The molecule has 0 amide bonds. The van der Waals surface area contributed by atoms with Crippen molar-refractivity contribution in [3.63, 3.8) is 0 Å². The van der Waals surface area contributed by atoms with Crippen molar-refractivity contribution in [1.82, 2.24) is 9.78 Å². The molecule has 0 bridgehead atoms. The molecule has 1 aromatic carbocycles. The molecule has 1 aromatic heterocycles. The normalized spacial score (nSPS) is 14.2. The number of hydrogen-bond donors (Lipinski definition) is 1. The summed E-state index contributed by atoms with van der Waals surface area (Å²) in [5.41, 5.74) is 2.12. The second kappa shape index (κ2) is 6.10. The van der Waals surface area contributed by atoms with E-state index in [1.165, 1.54) is 0 Å². The van der Waals surface area contributed by atoms with E-state index in [1.807, 2.05) is 41.9 Å². The number of aryl methyl sites for hydroxylation is 2. The molecule has 0 saturated carbocycles. The number of nitrogens with zero attached hydrogens (tertiary/aromatic N) is 2. The molecule has 2 rings (SSSR count). The van der Waals surface area contributed by atoms with Crippen LogP contribution < -0.4 is 0 Å². The van der Waals surface area contributed by atoms with Gasteiger partial charge in [0.2, 0.25) is 0 Å². The summed E-state index contributed by atoms with van der Waals surface area (Å²) >= 11 is 3.63. The number of aromatic nitrogens is 2. The molecule has 20 heavy (non-hydrogen) atoms. The summed E-state index contributed by atoms with van der Waals surface area (Å²) in [4.78, 5) is 0. The topological polar surface area (TPSA) is 38.0 Å². The SMILES string of the molecule is CCc1nn(CC)c(CC(C)(O)c2ccccc2)c1Br. The van der Waals surface area contributed by atoms with Crippen LogP contribution in [0.1, 0.15) is 37.7 Å². The lowest BCUT2D eigenvalue weighted by Crippen LogP contribution is -2.26. The van der Waals surface area contributed by atoms with E-state index in [0.717, 1.165) is 34.4 Å². The van der Waals surface area contributed by atoms with E-state index < -0.39 is 5.60 Å². The molecule has 2 aromatic rings. The monoisotopic (exact) mass is 336 g/mol. The van der Waals surface area contributed by atoms with Crippen molar-refractivity contribution >= 4 is 15.9 Å². The lowest BCUT2D eigenvalue weighted by molar-refractivity contribution is 0.0552. The van der Waals surface area contributed by atoms with Crippen molar-refractivity contribution in [2.45, 2.75) is 45.8 Å². The zero-order chi connectivity index (χ0) is 14.8. The highest BCUT2D eigenvalue weighted by atomic mass is 79.9. The molecule has 3 nitrogen and oxygen atoms in total. The average Bonchev–Trinajstić information content (AvgIpc) is 2.76. The molecular formula is C16H21BrN2O. The summed E-state index contributed by atoms with van der Waals surface area (Å²) in [6.45, 7) is 6.82. The van der Waals surface area contributed by atoms with Gasteiger partial charge in [0.25, 0.3) is 0 Å². The van der Waals surface area contributed by atoms with Crippen molar-refractivity contribution in [3.8, 4) is 0 Å². The standard InChI is InChI=1S/C16H21BrN2O/c1-4-13-15(17)14(19(5-2)18-13)11-16(3,20)12-9-7-6-8-10-12/h6-10,20H,4-5,11H2,1-3H3. The first-order chi connectivity index (χ1) is 9.49. The van der Waals surface area contributed by atoms with Crippen LogP contribution in [0.3, 0.4) is 0 Å². The van der Waals surface area contributed by atoms with E-state index >= 15 is 0 Å². The van der Waals surface area contributed by atoms with Crippen LogP contribution in [0.5, 0.6) is 0 Å². The van der Waals surface area contributed by atoms with Gasteiger partial charge < -0.3 is 5.11 Å². The fraction of sp³-hybridized carbons (Fsp3) is 0.438. The predicted molar refractivity (Wildman–Crippen MR) is 84.7 cm³/mol. The second-order valence-corrected chi connectivity index (χ2v) is 5.99. The minimum Gasteiger partial charge on any atom is -0.385 e. The smallest absolute Gasteiger partial charge is 0.0924 e. The third-order valence-electron chi connectivity index (χ3n) is 3.60. The average molecular weight is 337 g/mol. The fourth-order valence-electron chi connectivity index (χ4n) is 2.41. The Morgan fingerprint density at radius 1 is 1.25 bits per heavy atom. The Hall–Kier alpha value is -1.13. The molecule has 0 radical (unpaired) electrons. The van der Waals surface area contributed by atoms with Gasteiger partial charge >= 0.3 is 0 Å². The molecule has 4 heteroatoms. The third-order valence-corrected chi connectivity index (χ3v) is 4.52. The second-order valence-electron chi connectivity index (χ2n) is 5.19. The third kappa shape index (κ3) is 2.96. The van der Waals surface area contributed by atoms with E-state index in [9.17, 15) is 5.11 Å². The van der Waals surface area contributed by atoms with E-state index in [4.69, 9.17) is 0 Å². The Morgan fingerprint density at radius 3 is 2.45 bits per heavy atom. The maximum absolute atomic E-state index is 10.8. The first-order valence-electron chi connectivity index (χ1n) is 7.01. The van der Waals surface area contributed by atoms with Crippen LogP contribution in [-0.4, -0.2) is 14.9 Å². The maximum Gasteiger partial charge on any atom is 0.0924 e. The molecular weight excluding hydrogens is 316 g/mol. The Bertz CT molecular complexity index is 576. The molecule has 1 unspecified atom stereocenters. The van der Waals surface area contributed by atoms with E-state index in [1.54, 1.807) is 0 Å². The Labute approximate surface area is 128 Å². The minimum atomic E-state index is -0.901. The summed E-state index contributed by atoms with van der Waals surface area (Å²) in [7, 11) is 0. The van der Waals surface area contributed by atoms with Gasteiger partial charge in [-0.15, -0.1) is 0 Å². The lowest BCUT2D eigenvalue weighted by Gasteiger charge is -2.24. The van der Waals surface area contributed by atoms with Gasteiger partial charge in [-0.25, -0.2) is 0 Å². The zero-order valence-electron chi connectivity index (χ0n) is 12.2. The Kier molecular flexibility index (Phi) is 4.66. The predicted octanol–water partition coefficient (Wildman–Crippen LogP) is 3.68. The molecule has 108 valence electrons. The van der Waals surface area contributed by atoms with Gasteiger partial charge in [0.15, 0.2) is 0 Å². The van der Waals surface area contributed by atoms with Gasteiger partial charge in [0, 0.05) is 13.0 Å². The van der Waals surface area contributed by atoms with Gasteiger partial charge in [-0.05, 0) is 41.8 Å². The van der Waals surface area contributed by atoms with Crippen LogP contribution in [0, 0.1) is 0 Å². The summed E-state index contributed by atoms with van der Waals surface area (Å²) in [5.74, 6) is 0. The van der Waals surface area contributed by atoms with Crippen LogP contribution in [0.4, 0.5) is 0 Å². The zero-order valence-corrected chi connectivity index (χ0v) is 13.8. The number of rotatable bonds is 5. The van der Waals surface area contributed by atoms with Gasteiger partial charge in [-0.2, -0.15) is 5.10 Å². The largest absolute Gasteiger partial charge is 0.385 e. The molecule has 0 aliphatic rings. The first kappa shape index (κ1) is 15.3. The maximum atomic E-state index is 10.8. The molecule has 0 fully saturated rings. The summed E-state index contributed by atoms with van der Waals surface area (Å²) < 4.78 is 3.00. The Balaban J connectivity index is 2.36. The first-order valence-corrected chi connectivity index (χ1v) is 7.80. The molecule has 1 atom stereocenters. The highest BCUT2D eigenvalue weighted by Gasteiger charge is 2.27. The van der Waals surface area contributed by atoms with Gasteiger partial charge in [0.1, 0.15) is 0 Å².